The number of benzene rings is 3. The molecule has 4 N–H and O–H groups in total. The molecule has 0 bridgehead atoms. The normalized spacial score (nSPS) is 15.3. The molecule has 0 saturated carbocycles. The highest BCUT2D eigenvalue weighted by atomic mass is 32.2. The number of amides is 1. The molecule has 1 saturated heterocycles. The number of phenolic OH excluding ortho intramolecular Hbond substituents is 1. The van der Waals surface area contributed by atoms with Gasteiger partial charge in [-0.1, -0.05) is 24.6 Å². The maximum absolute atomic E-state index is 13.7. The van der Waals surface area contributed by atoms with Crippen LogP contribution in [0, 0.1) is 0 Å². The summed E-state index contributed by atoms with van der Waals surface area (Å²) in [5, 5.41) is 16.0. The van der Waals surface area contributed by atoms with Crippen LogP contribution < -0.4 is 20.1 Å². The summed E-state index contributed by atoms with van der Waals surface area (Å²) in [6.07, 6.45) is 6.55. The fraction of sp³-hybridized carbons (Fsp3) is 0.212. The van der Waals surface area contributed by atoms with Crippen LogP contribution in [0.25, 0.3) is 11.0 Å². The number of hydrogen-bond donors (Lipinski definition) is 4. The van der Waals surface area contributed by atoms with E-state index in [-0.39, 0.29) is 40.8 Å². The molecule has 1 unspecified atom stereocenters. The Morgan fingerprint density at radius 3 is 2.46 bits per heavy atom. The van der Waals surface area contributed by atoms with Gasteiger partial charge >= 0.3 is 0 Å². The molecule has 0 radical (unpaired) electrons. The van der Waals surface area contributed by atoms with Gasteiger partial charge in [0.15, 0.2) is 11.6 Å². The summed E-state index contributed by atoms with van der Waals surface area (Å²) < 4.78 is 35.1. The predicted octanol–water partition coefficient (Wildman–Crippen LogP) is 5.45. The minimum absolute atomic E-state index is 0.0511. The molecule has 1 aliphatic heterocycles. The lowest BCUT2D eigenvalue weighted by Gasteiger charge is -2.35. The van der Waals surface area contributed by atoms with Crippen LogP contribution in [0.1, 0.15) is 30.9 Å². The lowest BCUT2D eigenvalue weighted by molar-refractivity contribution is -0.118. The lowest BCUT2D eigenvalue weighted by Crippen LogP contribution is -2.39. The first-order chi connectivity index (χ1) is 22.3. The average Bonchev–Trinajstić information content (AvgIpc) is 3.05. The first-order valence-corrected chi connectivity index (χ1v) is 16.2. The van der Waals surface area contributed by atoms with E-state index in [1.54, 1.807) is 54.9 Å². The Hall–Kier alpha value is -5.27. The Kier molecular flexibility index (Phi) is 8.94. The number of anilines is 4. The van der Waals surface area contributed by atoms with E-state index in [0.717, 1.165) is 31.4 Å². The van der Waals surface area contributed by atoms with E-state index in [9.17, 15) is 18.3 Å². The number of sulfonamides is 1. The van der Waals surface area contributed by atoms with Crippen molar-refractivity contribution in [3.63, 3.8) is 0 Å². The summed E-state index contributed by atoms with van der Waals surface area (Å²) in [5.74, 6) is 0.166. The number of fused-ring (bicyclic) bond motifs is 1. The van der Waals surface area contributed by atoms with E-state index in [0.29, 0.717) is 28.2 Å². The zero-order valence-electron chi connectivity index (χ0n) is 25.1. The third-order valence-corrected chi connectivity index (χ3v) is 9.01. The van der Waals surface area contributed by atoms with Gasteiger partial charge in [0.25, 0.3) is 10.0 Å². The van der Waals surface area contributed by atoms with Gasteiger partial charge in [-0.3, -0.25) is 19.4 Å². The number of pyridine rings is 1. The molecular formula is C33H33N7O5S. The number of aromatic nitrogens is 3. The summed E-state index contributed by atoms with van der Waals surface area (Å²) in [5.41, 5.74) is 2.88. The summed E-state index contributed by atoms with van der Waals surface area (Å²) in [4.78, 5) is 28.4. The number of aromatic hydroxyl groups is 1. The van der Waals surface area contributed by atoms with Crippen LogP contribution in [0.15, 0.2) is 96.2 Å². The van der Waals surface area contributed by atoms with Gasteiger partial charge in [-0.2, -0.15) is 0 Å². The van der Waals surface area contributed by atoms with Crippen molar-refractivity contribution in [2.45, 2.75) is 30.2 Å². The first-order valence-electron chi connectivity index (χ1n) is 14.8. The highest BCUT2D eigenvalue weighted by Crippen LogP contribution is 2.32. The van der Waals surface area contributed by atoms with E-state index >= 15 is 0 Å². The Balaban J connectivity index is 1.22. The van der Waals surface area contributed by atoms with E-state index in [1.165, 1.54) is 31.4 Å². The van der Waals surface area contributed by atoms with Crippen molar-refractivity contribution >= 4 is 50.0 Å². The van der Waals surface area contributed by atoms with Gasteiger partial charge in [0, 0.05) is 48.0 Å². The Bertz CT molecular complexity index is 1970. The van der Waals surface area contributed by atoms with Crippen molar-refractivity contribution in [2.75, 3.05) is 35.6 Å². The number of piperidine rings is 1. The summed E-state index contributed by atoms with van der Waals surface area (Å²) in [6, 6.07) is 21.7. The number of hydrogen-bond acceptors (Lipinski definition) is 10. The number of carbonyl (C=O) groups is 1. The van der Waals surface area contributed by atoms with E-state index < -0.39 is 10.0 Å². The molecule has 236 valence electrons. The molecule has 6 rings (SSSR count). The van der Waals surface area contributed by atoms with E-state index in [4.69, 9.17) is 4.74 Å². The Morgan fingerprint density at radius 2 is 1.70 bits per heavy atom. The van der Waals surface area contributed by atoms with Crippen molar-refractivity contribution in [1.29, 1.82) is 0 Å². The smallest absolute Gasteiger partial charge is 0.263 e. The fourth-order valence-corrected chi connectivity index (χ4v) is 6.58. The van der Waals surface area contributed by atoms with Crippen LogP contribution in [0.2, 0.25) is 0 Å². The molecule has 1 amide bonds. The second kappa shape index (κ2) is 13.4. The van der Waals surface area contributed by atoms with Crippen molar-refractivity contribution in [3.05, 3.63) is 96.8 Å². The van der Waals surface area contributed by atoms with E-state index in [1.807, 2.05) is 12.1 Å². The van der Waals surface area contributed by atoms with Crippen LogP contribution in [0.5, 0.6) is 11.5 Å². The van der Waals surface area contributed by atoms with Crippen molar-refractivity contribution in [3.8, 4) is 11.5 Å². The second-order valence-electron chi connectivity index (χ2n) is 10.9. The molecule has 1 atom stereocenters. The number of nitrogens with one attached hydrogen (secondary N) is 3. The molecule has 1 aliphatic rings. The molecule has 2 aromatic heterocycles. The van der Waals surface area contributed by atoms with Crippen LogP contribution in [-0.4, -0.2) is 59.5 Å². The molecular weight excluding hydrogens is 606 g/mol. The number of nitrogens with zero attached hydrogens (tertiary/aromatic N) is 4. The molecule has 5 aromatic rings. The molecule has 13 heteroatoms. The molecule has 3 aromatic carbocycles. The predicted molar refractivity (Wildman–Crippen MR) is 176 cm³/mol. The quantitative estimate of drug-likeness (QED) is 0.155. The SMILES string of the molecule is COc1cc(O)cc(Nc2nc3ccccc3nc2NS(=O)(=O)c2cccc(NC(=O)CN3CCCCC3c3ccncc3)c2)c1. The van der Waals surface area contributed by atoms with Crippen molar-refractivity contribution in [2.24, 2.45) is 0 Å². The van der Waals surface area contributed by atoms with Crippen LogP contribution >= 0.6 is 0 Å². The van der Waals surface area contributed by atoms with Crippen molar-refractivity contribution < 1.29 is 23.1 Å². The number of carbonyl (C=O) groups excluding carboxylic acids is 1. The topological polar surface area (TPSA) is 159 Å². The number of para-hydroxylation sites is 2. The highest BCUT2D eigenvalue weighted by molar-refractivity contribution is 7.92. The average molecular weight is 640 g/mol. The Labute approximate surface area is 266 Å². The third kappa shape index (κ3) is 7.16. The van der Waals surface area contributed by atoms with Gasteiger partial charge in [-0.15, -0.1) is 0 Å². The van der Waals surface area contributed by atoms with Gasteiger partial charge in [0.2, 0.25) is 5.91 Å². The standard InChI is InChI=1S/C33H33N7O5S/c1-45-26-18-24(17-25(41)20-26)36-32-33(38-29-10-3-2-9-28(29)37-32)39-46(43,44)27-8-6-7-23(19-27)35-31(42)21-40-16-5-4-11-30(40)22-12-14-34-15-13-22/h2-3,6-10,12-15,17-20,30,41H,4-5,11,16,21H2,1H3,(H,35,42)(H,36,37)(H,38,39). The fourth-order valence-electron chi connectivity index (χ4n) is 5.52. The number of phenols is 1. The second-order valence-corrected chi connectivity index (χ2v) is 12.6. The summed E-state index contributed by atoms with van der Waals surface area (Å²) >= 11 is 0. The number of methoxy groups -OCH3 is 1. The molecule has 0 aliphatic carbocycles. The number of likely N-dealkylation sites (tertiary alicyclic amines) is 1. The Morgan fingerprint density at radius 1 is 0.935 bits per heavy atom. The van der Waals surface area contributed by atoms with Crippen LogP contribution in [0.4, 0.5) is 23.0 Å². The van der Waals surface area contributed by atoms with Gasteiger partial charge in [0.05, 0.1) is 29.6 Å². The first kappa shape index (κ1) is 30.7. The zero-order chi connectivity index (χ0) is 32.1. The highest BCUT2D eigenvalue weighted by Gasteiger charge is 2.26. The van der Waals surface area contributed by atoms with Crippen LogP contribution in [-0.2, 0) is 14.8 Å². The molecule has 1 fully saturated rings. The van der Waals surface area contributed by atoms with Crippen molar-refractivity contribution in [1.82, 2.24) is 19.9 Å². The molecule has 3 heterocycles. The summed E-state index contributed by atoms with van der Waals surface area (Å²) in [6.45, 7) is 0.959. The van der Waals surface area contributed by atoms with Gasteiger partial charge in [-0.25, -0.2) is 18.4 Å². The maximum atomic E-state index is 13.7. The minimum Gasteiger partial charge on any atom is -0.508 e. The van der Waals surface area contributed by atoms with Crippen LogP contribution in [0.3, 0.4) is 0 Å². The van der Waals surface area contributed by atoms with Gasteiger partial charge in [-0.05, 0) is 67.4 Å². The number of rotatable bonds is 10. The zero-order valence-corrected chi connectivity index (χ0v) is 25.9. The monoisotopic (exact) mass is 639 g/mol. The molecule has 46 heavy (non-hydrogen) atoms. The van der Waals surface area contributed by atoms with Gasteiger partial charge in [0.1, 0.15) is 11.5 Å². The van der Waals surface area contributed by atoms with E-state index in [2.05, 4.69) is 35.2 Å². The third-order valence-electron chi connectivity index (χ3n) is 7.67. The maximum Gasteiger partial charge on any atom is 0.263 e. The number of ether oxygens (including phenoxy) is 1. The lowest BCUT2D eigenvalue weighted by atomic mass is 9.96. The summed E-state index contributed by atoms with van der Waals surface area (Å²) in [7, 11) is -2.71. The molecule has 12 nitrogen and oxygen atoms in total. The molecule has 0 spiro atoms. The van der Waals surface area contributed by atoms with Gasteiger partial charge < -0.3 is 20.5 Å². The minimum atomic E-state index is -4.18. The largest absolute Gasteiger partial charge is 0.508 e.